The molecule has 6 heteroatoms. The standard InChI is InChI=1S/C13H9BrN2OS2/c1-7-4-8(14)6-9(5-7)16-12(17)10-2-3-19-11(10)15-13(16)18/h2-6H,1H3,(H,15,18). The number of aromatic nitrogens is 2. The zero-order chi connectivity index (χ0) is 13.6. The Labute approximate surface area is 126 Å². The van der Waals surface area contributed by atoms with E-state index < -0.39 is 0 Å². The van der Waals surface area contributed by atoms with Gasteiger partial charge in [-0.15, -0.1) is 11.3 Å². The average molecular weight is 353 g/mol. The first-order valence-electron chi connectivity index (χ1n) is 5.56. The number of aromatic amines is 1. The van der Waals surface area contributed by atoms with Crippen molar-refractivity contribution in [3.8, 4) is 5.69 Å². The summed E-state index contributed by atoms with van der Waals surface area (Å²) in [6.07, 6.45) is 0. The van der Waals surface area contributed by atoms with Crippen molar-refractivity contribution >= 4 is 49.7 Å². The number of fused-ring (bicyclic) bond motifs is 1. The molecule has 0 aliphatic heterocycles. The van der Waals surface area contributed by atoms with E-state index in [1.54, 1.807) is 0 Å². The summed E-state index contributed by atoms with van der Waals surface area (Å²) < 4.78 is 2.87. The van der Waals surface area contributed by atoms with Crippen molar-refractivity contribution in [2.24, 2.45) is 0 Å². The second-order valence-electron chi connectivity index (χ2n) is 4.22. The first-order valence-corrected chi connectivity index (χ1v) is 7.64. The van der Waals surface area contributed by atoms with E-state index in [0.717, 1.165) is 20.6 Å². The van der Waals surface area contributed by atoms with Crippen LogP contribution in [0.25, 0.3) is 15.9 Å². The summed E-state index contributed by atoms with van der Waals surface area (Å²) in [6, 6.07) is 7.63. The molecule has 0 aliphatic rings. The van der Waals surface area contributed by atoms with E-state index in [-0.39, 0.29) is 5.56 Å². The van der Waals surface area contributed by atoms with Crippen molar-refractivity contribution in [2.75, 3.05) is 0 Å². The Bertz CT molecular complexity index is 871. The maximum Gasteiger partial charge on any atom is 0.267 e. The maximum atomic E-state index is 12.5. The van der Waals surface area contributed by atoms with Crippen LogP contribution in [0.5, 0.6) is 0 Å². The predicted octanol–water partition coefficient (Wildman–Crippen LogP) is 4.18. The van der Waals surface area contributed by atoms with Crippen LogP contribution in [0.2, 0.25) is 0 Å². The van der Waals surface area contributed by atoms with E-state index in [1.807, 2.05) is 36.6 Å². The van der Waals surface area contributed by atoms with E-state index in [1.165, 1.54) is 15.9 Å². The minimum atomic E-state index is -0.0856. The van der Waals surface area contributed by atoms with Gasteiger partial charge in [-0.1, -0.05) is 15.9 Å². The number of aryl methyl sites for hydroxylation is 1. The Morgan fingerprint density at radius 1 is 1.37 bits per heavy atom. The van der Waals surface area contributed by atoms with Gasteiger partial charge in [0.1, 0.15) is 4.83 Å². The molecule has 2 heterocycles. The smallest absolute Gasteiger partial charge is 0.267 e. The largest absolute Gasteiger partial charge is 0.323 e. The summed E-state index contributed by atoms with van der Waals surface area (Å²) in [4.78, 5) is 16.4. The molecule has 1 N–H and O–H groups in total. The van der Waals surface area contributed by atoms with Gasteiger partial charge in [0, 0.05) is 4.47 Å². The summed E-state index contributed by atoms with van der Waals surface area (Å²) in [7, 11) is 0. The first-order chi connectivity index (χ1) is 9.06. The highest BCUT2D eigenvalue weighted by Crippen LogP contribution is 2.20. The fraction of sp³-hybridized carbons (Fsp3) is 0.0769. The zero-order valence-electron chi connectivity index (χ0n) is 9.94. The maximum absolute atomic E-state index is 12.5. The van der Waals surface area contributed by atoms with Crippen molar-refractivity contribution in [1.82, 2.24) is 9.55 Å². The number of nitrogens with one attached hydrogen (secondary N) is 1. The third-order valence-electron chi connectivity index (χ3n) is 2.81. The minimum Gasteiger partial charge on any atom is -0.323 e. The SMILES string of the molecule is Cc1cc(Br)cc(-n2c(=S)[nH]c3sccc3c2=O)c1. The van der Waals surface area contributed by atoms with Crippen molar-refractivity contribution < 1.29 is 0 Å². The number of hydrogen-bond acceptors (Lipinski definition) is 3. The number of thiophene rings is 1. The summed E-state index contributed by atoms with van der Waals surface area (Å²) in [5.41, 5.74) is 1.75. The molecule has 0 amide bonds. The van der Waals surface area contributed by atoms with Crippen LogP contribution in [0.15, 0.2) is 38.9 Å². The van der Waals surface area contributed by atoms with Gasteiger partial charge < -0.3 is 4.98 Å². The highest BCUT2D eigenvalue weighted by molar-refractivity contribution is 9.10. The van der Waals surface area contributed by atoms with E-state index in [4.69, 9.17) is 12.2 Å². The molecular weight excluding hydrogens is 344 g/mol. The summed E-state index contributed by atoms with van der Waals surface area (Å²) >= 11 is 10.2. The van der Waals surface area contributed by atoms with Crippen LogP contribution in [0, 0.1) is 11.7 Å². The van der Waals surface area contributed by atoms with E-state index in [2.05, 4.69) is 20.9 Å². The lowest BCUT2D eigenvalue weighted by molar-refractivity contribution is 0.940. The predicted molar refractivity (Wildman–Crippen MR) is 85.0 cm³/mol. The van der Waals surface area contributed by atoms with Gasteiger partial charge >= 0.3 is 0 Å². The van der Waals surface area contributed by atoms with Crippen LogP contribution in [-0.4, -0.2) is 9.55 Å². The van der Waals surface area contributed by atoms with Gasteiger partial charge in [0.2, 0.25) is 0 Å². The molecule has 0 saturated heterocycles. The van der Waals surface area contributed by atoms with Gasteiger partial charge in [-0.3, -0.25) is 9.36 Å². The number of halogens is 1. The second kappa shape index (κ2) is 4.70. The molecule has 96 valence electrons. The number of benzene rings is 1. The first kappa shape index (κ1) is 12.8. The summed E-state index contributed by atoms with van der Waals surface area (Å²) in [6.45, 7) is 1.98. The van der Waals surface area contributed by atoms with Crippen molar-refractivity contribution in [3.63, 3.8) is 0 Å². The van der Waals surface area contributed by atoms with Crippen LogP contribution >= 0.6 is 39.5 Å². The van der Waals surface area contributed by atoms with E-state index in [9.17, 15) is 4.79 Å². The average Bonchev–Trinajstić information content (AvgIpc) is 2.75. The Morgan fingerprint density at radius 2 is 2.16 bits per heavy atom. The number of hydrogen-bond donors (Lipinski definition) is 1. The topological polar surface area (TPSA) is 37.8 Å². The molecular formula is C13H9BrN2OS2. The molecule has 0 saturated carbocycles. The molecule has 0 unspecified atom stereocenters. The molecule has 3 nitrogen and oxygen atoms in total. The summed E-state index contributed by atoms with van der Waals surface area (Å²) in [5, 5.41) is 2.55. The number of H-pyrrole nitrogens is 1. The third kappa shape index (κ3) is 2.20. The van der Waals surface area contributed by atoms with Gasteiger partial charge in [0.15, 0.2) is 4.77 Å². The number of nitrogens with zero attached hydrogens (tertiary/aromatic N) is 1. The highest BCUT2D eigenvalue weighted by Gasteiger charge is 2.09. The molecule has 0 bridgehead atoms. The molecule has 0 spiro atoms. The summed E-state index contributed by atoms with van der Waals surface area (Å²) in [5.74, 6) is 0. The van der Waals surface area contributed by atoms with Gasteiger partial charge in [-0.2, -0.15) is 0 Å². The van der Waals surface area contributed by atoms with Gasteiger partial charge in [0.05, 0.1) is 11.1 Å². The molecule has 3 aromatic rings. The third-order valence-corrected chi connectivity index (χ3v) is 4.38. The Kier molecular flexibility index (Phi) is 3.16. The zero-order valence-corrected chi connectivity index (χ0v) is 13.2. The molecule has 0 aliphatic carbocycles. The van der Waals surface area contributed by atoms with Crippen molar-refractivity contribution in [1.29, 1.82) is 0 Å². The fourth-order valence-corrected chi connectivity index (χ4v) is 3.75. The number of rotatable bonds is 1. The second-order valence-corrected chi connectivity index (χ2v) is 6.44. The quantitative estimate of drug-likeness (QED) is 0.667. The fourth-order valence-electron chi connectivity index (χ4n) is 2.02. The lowest BCUT2D eigenvalue weighted by atomic mass is 10.2. The van der Waals surface area contributed by atoms with Crippen molar-refractivity contribution in [3.05, 3.63) is 54.8 Å². The highest BCUT2D eigenvalue weighted by atomic mass is 79.9. The monoisotopic (exact) mass is 352 g/mol. The van der Waals surface area contributed by atoms with Gasteiger partial charge in [-0.05, 0) is 54.4 Å². The lowest BCUT2D eigenvalue weighted by Crippen LogP contribution is -2.19. The minimum absolute atomic E-state index is 0.0856. The van der Waals surface area contributed by atoms with Crippen LogP contribution < -0.4 is 5.56 Å². The van der Waals surface area contributed by atoms with Gasteiger partial charge in [0.25, 0.3) is 5.56 Å². The van der Waals surface area contributed by atoms with Crippen LogP contribution in [0.1, 0.15) is 5.56 Å². The molecule has 0 fully saturated rings. The normalized spacial score (nSPS) is 11.1. The molecule has 1 aromatic carbocycles. The Hall–Kier alpha value is -1.24. The molecule has 19 heavy (non-hydrogen) atoms. The lowest BCUT2D eigenvalue weighted by Gasteiger charge is -2.08. The van der Waals surface area contributed by atoms with Crippen LogP contribution in [-0.2, 0) is 0 Å². The molecule has 0 radical (unpaired) electrons. The van der Waals surface area contributed by atoms with Crippen molar-refractivity contribution in [2.45, 2.75) is 6.92 Å². The van der Waals surface area contributed by atoms with Gasteiger partial charge in [-0.25, -0.2) is 0 Å². The molecule has 2 aromatic heterocycles. The molecule has 3 rings (SSSR count). The van der Waals surface area contributed by atoms with Crippen LogP contribution in [0.4, 0.5) is 0 Å². The Morgan fingerprint density at radius 3 is 2.89 bits per heavy atom. The van der Waals surface area contributed by atoms with E-state index in [0.29, 0.717) is 10.2 Å². The van der Waals surface area contributed by atoms with Crippen LogP contribution in [0.3, 0.4) is 0 Å². The molecule has 0 atom stereocenters. The Balaban J connectivity index is 2.42. The van der Waals surface area contributed by atoms with E-state index >= 15 is 0 Å².